The van der Waals surface area contributed by atoms with E-state index in [-0.39, 0.29) is 0 Å². The Morgan fingerprint density at radius 2 is 0.333 bits per heavy atom. The van der Waals surface area contributed by atoms with Crippen LogP contribution >= 0.6 is 73.6 Å². The van der Waals surface area contributed by atoms with Crippen molar-refractivity contribution in [1.29, 1.82) is 0 Å². The Labute approximate surface area is 204 Å². The van der Waals surface area contributed by atoms with Gasteiger partial charge in [-0.2, -0.15) is 0 Å². The van der Waals surface area contributed by atoms with Gasteiger partial charge in [-0.25, -0.2) is 27.4 Å². The first-order chi connectivity index (χ1) is 15.0. The molecule has 228 valence electrons. The molecule has 27 nitrogen and oxygen atoms in total. The smallest absolute Gasteiger partial charge is 0.303 e. The third-order valence-electron chi connectivity index (χ3n) is 0.375. The van der Waals surface area contributed by atoms with E-state index < -0.39 is 46.9 Å². The molecule has 0 atom stereocenters. The molecule has 1 aliphatic heterocycles. The third kappa shape index (κ3) is 709. The Kier molecular flexibility index (Phi) is 34.6. The predicted molar refractivity (Wildman–Crippen MR) is 120 cm³/mol. The van der Waals surface area contributed by atoms with Crippen LogP contribution in [0.3, 0.4) is 0 Å². The number of nitrogens with one attached hydrogen (secondary N) is 3. The minimum absolute atomic E-state index is 0.764. The van der Waals surface area contributed by atoms with Crippen molar-refractivity contribution in [2.24, 2.45) is 0 Å². The maximum absolute atomic E-state index is 8.88. The Bertz CT molecular complexity index is 548. The van der Waals surface area contributed by atoms with E-state index in [2.05, 4.69) is 14.6 Å². The Balaban J connectivity index is -0.0000000731. The molecular formula is H24N3O24P9. The van der Waals surface area contributed by atoms with Crippen molar-refractivity contribution in [2.75, 3.05) is 0 Å². The molecule has 1 fully saturated rings. The molecule has 21 N–H and O–H groups in total. The van der Waals surface area contributed by atoms with Gasteiger partial charge < -0.3 is 88.1 Å². The maximum atomic E-state index is 8.88. The number of hydrogen-bond acceptors (Lipinski definition) is 9. The highest BCUT2D eigenvalue weighted by Gasteiger charge is 2.02. The van der Waals surface area contributed by atoms with Crippen molar-refractivity contribution in [2.45, 2.75) is 0 Å². The monoisotopic (exact) mass is 729 g/mol. The molecule has 0 aromatic carbocycles. The molecule has 0 spiro atoms. The quantitative estimate of drug-likeness (QED) is 0.104. The molecule has 1 rings (SSSR count). The van der Waals surface area contributed by atoms with E-state index in [1.165, 1.54) is 0 Å². The Hall–Kier alpha value is 1.83. The van der Waals surface area contributed by atoms with Gasteiger partial charge >= 0.3 is 46.9 Å². The fourth-order valence-electron chi connectivity index (χ4n) is 0.188. The highest BCUT2D eigenvalue weighted by Crippen LogP contribution is 2.28. The largest absolute Gasteiger partial charge is 0.466 e. The zero-order chi connectivity index (χ0) is 31.2. The van der Waals surface area contributed by atoms with Crippen LogP contribution in [0.4, 0.5) is 0 Å². The van der Waals surface area contributed by atoms with Crippen LogP contribution in [0.5, 0.6) is 0 Å². The van der Waals surface area contributed by atoms with E-state index >= 15 is 0 Å². The topological polar surface area (TPSA) is 503 Å². The summed E-state index contributed by atoms with van der Waals surface area (Å²) >= 11 is 0. The summed E-state index contributed by atoms with van der Waals surface area (Å²) in [6, 6.07) is 0. The minimum atomic E-state index is -4.64. The molecule has 36 heavy (non-hydrogen) atoms. The van der Waals surface area contributed by atoms with Crippen molar-refractivity contribution in [3.63, 3.8) is 0 Å². The second kappa shape index (κ2) is 24.6. The average Bonchev–Trinajstić information content (AvgIpc) is 2.37. The van der Waals surface area contributed by atoms with E-state index in [0.717, 1.165) is 26.6 Å². The van der Waals surface area contributed by atoms with Crippen LogP contribution in [-0.4, -0.2) is 88.1 Å². The summed E-state index contributed by atoms with van der Waals surface area (Å²) < 4.78 is 53.3. The van der Waals surface area contributed by atoms with Crippen LogP contribution in [0, 0.1) is 0 Å². The molecule has 1 heterocycles. The fourth-order valence-corrected chi connectivity index (χ4v) is 3.38. The molecular weight excluding hydrogens is 705 g/mol. The highest BCUT2D eigenvalue weighted by atomic mass is 31.2. The third-order valence-corrected chi connectivity index (χ3v) is 3.38. The maximum Gasteiger partial charge on any atom is 0.466 e. The zero-order valence-electron chi connectivity index (χ0n) is 16.2. The van der Waals surface area contributed by atoms with Gasteiger partial charge in [0.25, 0.3) is 0 Å². The van der Waals surface area contributed by atoms with Gasteiger partial charge in [0.15, 0.2) is 0 Å². The molecule has 0 bridgehead atoms. The van der Waals surface area contributed by atoms with Gasteiger partial charge in [-0.3, -0.25) is 14.6 Å². The van der Waals surface area contributed by atoms with Crippen molar-refractivity contribution in [3.05, 3.63) is 0 Å². The van der Waals surface area contributed by atoms with E-state index in [1.54, 1.807) is 0 Å². The lowest BCUT2D eigenvalue weighted by Gasteiger charge is -2.12. The highest BCUT2D eigenvalue weighted by molar-refractivity contribution is 7.65. The normalized spacial score (nSPS) is 15.8. The molecule has 0 unspecified atom stereocenters. The van der Waals surface area contributed by atoms with Crippen molar-refractivity contribution < 1.29 is 115 Å². The van der Waals surface area contributed by atoms with E-state index in [0.29, 0.717) is 0 Å². The lowest BCUT2D eigenvalue weighted by atomic mass is 13.8. The summed E-state index contributed by atoms with van der Waals surface area (Å²) in [7, 11) is -25.5. The Morgan fingerprint density at radius 1 is 0.278 bits per heavy atom. The summed E-state index contributed by atoms with van der Waals surface area (Å²) in [6.45, 7) is 0. The van der Waals surface area contributed by atoms with Crippen LogP contribution in [0.25, 0.3) is 0 Å². The van der Waals surface area contributed by atoms with Crippen LogP contribution < -0.4 is 14.6 Å². The number of hydrogen-bond donors (Lipinski definition) is 21. The van der Waals surface area contributed by atoms with E-state index in [9.17, 15) is 0 Å². The van der Waals surface area contributed by atoms with Crippen LogP contribution in [0.2, 0.25) is 0 Å². The van der Waals surface area contributed by atoms with E-state index in [4.69, 9.17) is 115 Å². The molecule has 36 heteroatoms. The lowest BCUT2D eigenvalue weighted by molar-refractivity contribution is 0.272. The van der Waals surface area contributed by atoms with Crippen molar-refractivity contribution in [3.8, 4) is 0 Å². The Morgan fingerprint density at radius 3 is 0.361 bits per heavy atom. The van der Waals surface area contributed by atoms with Gasteiger partial charge in [-0.05, 0) is 0 Å². The molecule has 0 amide bonds. The van der Waals surface area contributed by atoms with E-state index in [1.807, 2.05) is 0 Å². The summed E-state index contributed by atoms with van der Waals surface area (Å²) in [5.74, 6) is 0. The SMILES string of the molecule is N1PNPNP1.O=P(O)(O)O.O=P(O)(O)O.O=P(O)(O)O.O=P(O)(O)O.O=P(O)(O)O.O=P(O)(O)O. The second-order valence-corrected chi connectivity index (χ2v) is 13.7. The van der Waals surface area contributed by atoms with Gasteiger partial charge in [-0.1, -0.05) is 0 Å². The molecule has 0 aromatic heterocycles. The second-order valence-electron chi connectivity index (χ2n) is 3.83. The first-order valence-corrected chi connectivity index (χ1v) is 18.6. The number of phosphoric acid groups is 6. The average molecular weight is 729 g/mol. The molecule has 1 saturated heterocycles. The number of rotatable bonds is 0. The predicted octanol–water partition coefficient (Wildman–Crippen LogP) is -5.28. The molecule has 0 aromatic rings. The van der Waals surface area contributed by atoms with Crippen LogP contribution in [-0.2, 0) is 27.4 Å². The lowest BCUT2D eigenvalue weighted by Crippen LogP contribution is -2.07. The summed E-state index contributed by atoms with van der Waals surface area (Å²) in [6.07, 6.45) is 0. The van der Waals surface area contributed by atoms with Crippen LogP contribution in [0.15, 0.2) is 0 Å². The van der Waals surface area contributed by atoms with Crippen molar-refractivity contribution in [1.82, 2.24) is 14.6 Å². The van der Waals surface area contributed by atoms with Gasteiger partial charge in [0, 0.05) is 26.6 Å². The summed E-state index contributed by atoms with van der Waals surface area (Å²) in [4.78, 5) is 139. The first kappa shape index (κ1) is 50.6. The van der Waals surface area contributed by atoms with Gasteiger partial charge in [0.05, 0.1) is 0 Å². The first-order valence-electron chi connectivity index (χ1n) is 6.20. The summed E-state index contributed by atoms with van der Waals surface area (Å²) in [5.41, 5.74) is 0. The van der Waals surface area contributed by atoms with Crippen molar-refractivity contribution >= 4 is 73.6 Å². The molecule has 0 saturated carbocycles. The van der Waals surface area contributed by atoms with Gasteiger partial charge in [0.2, 0.25) is 0 Å². The minimum Gasteiger partial charge on any atom is -0.303 e. The fraction of sp³-hybridized carbons (Fsp3) is 0. The molecule has 0 aliphatic carbocycles. The van der Waals surface area contributed by atoms with Gasteiger partial charge in [-0.15, -0.1) is 0 Å². The molecule has 0 radical (unpaired) electrons. The zero-order valence-corrected chi connectivity index (χ0v) is 24.5. The van der Waals surface area contributed by atoms with Gasteiger partial charge in [0.1, 0.15) is 0 Å². The summed E-state index contributed by atoms with van der Waals surface area (Å²) in [5, 5.41) is 0. The molecule has 1 aliphatic rings. The van der Waals surface area contributed by atoms with Crippen LogP contribution in [0.1, 0.15) is 0 Å². The standard InChI is InChI=1S/H6N3P3.6H3O4P/c1-4-2-6-3-5-1;6*1-5(2,3)4/h1-6H;6*(H3,1,2,3,4).